The third-order valence-corrected chi connectivity index (χ3v) is 6.00. The summed E-state index contributed by atoms with van der Waals surface area (Å²) < 4.78 is 103. The van der Waals surface area contributed by atoms with Gasteiger partial charge >= 0.3 is 12.4 Å². The van der Waals surface area contributed by atoms with E-state index in [0.717, 1.165) is 24.4 Å². The molecule has 2 aromatic heterocycles. The highest BCUT2D eigenvalue weighted by atomic mass is 35.5. The Morgan fingerprint density at radius 3 is 1.53 bits per heavy atom. The van der Waals surface area contributed by atoms with Gasteiger partial charge in [-0.3, -0.25) is 29.1 Å². The van der Waals surface area contributed by atoms with Crippen LogP contribution >= 0.6 is 11.6 Å². The zero-order chi connectivity index (χ0) is 37.4. The first-order valence-corrected chi connectivity index (χ1v) is 13.4. The van der Waals surface area contributed by atoms with Gasteiger partial charge in [0.05, 0.1) is 22.3 Å². The van der Waals surface area contributed by atoms with E-state index in [0.29, 0.717) is 17.8 Å². The molecule has 0 bridgehead atoms. The van der Waals surface area contributed by atoms with Crippen molar-refractivity contribution in [2.24, 2.45) is 11.5 Å². The third-order valence-electron chi connectivity index (χ3n) is 5.81. The van der Waals surface area contributed by atoms with Crippen molar-refractivity contribution < 1.29 is 54.3 Å². The number of halogens is 9. The second-order valence-corrected chi connectivity index (χ2v) is 10.0. The van der Waals surface area contributed by atoms with Gasteiger partial charge < -0.3 is 22.5 Å². The number of alkyl halides is 6. The Hall–Kier alpha value is -5.65. The van der Waals surface area contributed by atoms with Crippen LogP contribution in [0.15, 0.2) is 60.9 Å². The average Bonchev–Trinajstić information content (AvgIpc) is 2.96. The quantitative estimate of drug-likeness (QED) is 0.140. The van der Waals surface area contributed by atoms with Crippen LogP contribution in [0.3, 0.4) is 0 Å². The monoisotopic (exact) mass is 718 g/mol. The second kappa shape index (κ2) is 16.0. The summed E-state index contributed by atoms with van der Waals surface area (Å²) in [5, 5.41) is 0.641. The fraction of sp³-hybridized carbons (Fsp3) is 0.133. The Morgan fingerprint density at radius 2 is 1.12 bits per heavy atom. The largest absolute Gasteiger partial charge is 0.417 e. The van der Waals surface area contributed by atoms with Crippen molar-refractivity contribution in [3.05, 3.63) is 117 Å². The maximum atomic E-state index is 14.0. The lowest BCUT2D eigenvalue weighted by atomic mass is 10.0. The number of nitrogens with zero attached hydrogens (tertiary/aromatic N) is 2. The summed E-state index contributed by atoms with van der Waals surface area (Å²) in [5.41, 5.74) is 10.8. The van der Waals surface area contributed by atoms with E-state index in [1.165, 1.54) is 32.2 Å². The first-order valence-electron chi connectivity index (χ1n) is 13.1. The molecule has 0 aliphatic carbocycles. The van der Waals surface area contributed by atoms with E-state index < -0.39 is 69.2 Å². The summed E-state index contributed by atoms with van der Waals surface area (Å²) in [4.78, 5) is 51.6. The fourth-order valence-corrected chi connectivity index (χ4v) is 3.97. The Kier molecular flexibility index (Phi) is 12.9. The molecule has 49 heavy (non-hydrogen) atoms. The first kappa shape index (κ1) is 39.5. The number of amides is 3. The van der Waals surface area contributed by atoms with Gasteiger partial charge in [-0.15, -0.1) is 0 Å². The number of carbonyl (C=O) groups is 4. The lowest BCUT2D eigenvalue weighted by Gasteiger charge is -2.15. The molecule has 2 aromatic carbocycles. The molecule has 260 valence electrons. The van der Waals surface area contributed by atoms with E-state index in [1.807, 2.05) is 0 Å². The van der Waals surface area contributed by atoms with Gasteiger partial charge in [0.25, 0.3) is 23.0 Å². The number of nitrogen functional groups attached to an aromatic ring is 1. The zero-order valence-corrected chi connectivity index (χ0v) is 25.7. The number of anilines is 2. The van der Waals surface area contributed by atoms with Gasteiger partial charge in [-0.25, -0.2) is 8.78 Å². The molecule has 0 spiro atoms. The minimum Gasteiger partial charge on any atom is -0.399 e. The van der Waals surface area contributed by atoms with E-state index in [2.05, 4.69) is 15.3 Å². The number of rotatable bonds is 5. The molecule has 0 saturated heterocycles. The molecule has 0 saturated carbocycles. The molecule has 0 aliphatic rings. The molecule has 10 nitrogen and oxygen atoms in total. The molecule has 0 fully saturated rings. The number of primary amides is 2. The Morgan fingerprint density at radius 1 is 0.694 bits per heavy atom. The van der Waals surface area contributed by atoms with Crippen molar-refractivity contribution in [3.8, 4) is 0 Å². The summed E-state index contributed by atoms with van der Waals surface area (Å²) in [6, 6.07) is 8.33. The molecule has 0 aliphatic heterocycles. The van der Waals surface area contributed by atoms with Gasteiger partial charge in [0.15, 0.2) is 0 Å². The first-order chi connectivity index (χ1) is 22.5. The second-order valence-electron chi connectivity index (χ2n) is 9.69. The zero-order valence-electron chi connectivity index (χ0n) is 24.9. The maximum Gasteiger partial charge on any atom is 0.417 e. The lowest BCUT2D eigenvalue weighted by molar-refractivity contribution is -0.138. The van der Waals surface area contributed by atoms with E-state index in [9.17, 15) is 54.3 Å². The summed E-state index contributed by atoms with van der Waals surface area (Å²) in [7, 11) is 0. The van der Waals surface area contributed by atoms with Crippen LogP contribution in [0.2, 0.25) is 0 Å². The van der Waals surface area contributed by atoms with Gasteiger partial charge in [-0.05, 0) is 85.1 Å². The number of hydrogen-bond acceptors (Lipinski definition) is 7. The molecule has 4 rings (SSSR count). The highest BCUT2D eigenvalue weighted by Crippen LogP contribution is 2.35. The minimum absolute atomic E-state index is 0.0244. The molecule has 4 aromatic rings. The highest BCUT2D eigenvalue weighted by molar-refractivity contribution is 6.68. The molecule has 2 heterocycles. The van der Waals surface area contributed by atoms with Crippen LogP contribution in [0.1, 0.15) is 63.9 Å². The predicted octanol–water partition coefficient (Wildman–Crippen LogP) is 6.19. The molecular weight excluding hydrogens is 696 g/mol. The summed E-state index contributed by atoms with van der Waals surface area (Å²) in [5.74, 6) is -5.32. The molecule has 0 atom stereocenters. The van der Waals surface area contributed by atoms with Crippen LogP contribution in [-0.2, 0) is 12.4 Å². The Bertz CT molecular complexity index is 1900. The van der Waals surface area contributed by atoms with Crippen molar-refractivity contribution in [1.82, 2.24) is 9.97 Å². The van der Waals surface area contributed by atoms with Gasteiger partial charge in [-0.2, -0.15) is 26.3 Å². The van der Waals surface area contributed by atoms with Crippen LogP contribution in [0, 0.1) is 25.5 Å². The maximum absolute atomic E-state index is 14.0. The van der Waals surface area contributed by atoms with Crippen molar-refractivity contribution >= 4 is 45.9 Å². The predicted molar refractivity (Wildman–Crippen MR) is 160 cm³/mol. The summed E-state index contributed by atoms with van der Waals surface area (Å²) >= 11 is 4.89. The third kappa shape index (κ3) is 11.2. The van der Waals surface area contributed by atoms with Crippen molar-refractivity contribution in [3.63, 3.8) is 0 Å². The SMILES string of the molecule is Cc1cc(F)c(C(=O)Cl)c(C(F)(F)F)c1.Cc1cc(F)c(C(=O)Nc2ccnc(C(N)=O)c2)c(C(F)(F)F)c1.NC(=O)c1cc(N)ccn1. The molecule has 0 radical (unpaired) electrons. The molecule has 3 amide bonds. The number of nitrogens with two attached hydrogens (primary N) is 3. The van der Waals surface area contributed by atoms with Crippen LogP contribution in [0.4, 0.5) is 46.5 Å². The Balaban J connectivity index is 0.000000283. The van der Waals surface area contributed by atoms with Gasteiger partial charge in [0.1, 0.15) is 23.0 Å². The van der Waals surface area contributed by atoms with E-state index >= 15 is 0 Å². The Labute approximate surface area is 276 Å². The average molecular weight is 719 g/mol. The van der Waals surface area contributed by atoms with Gasteiger partial charge in [0, 0.05) is 23.8 Å². The number of pyridine rings is 2. The van der Waals surface area contributed by atoms with Gasteiger partial charge in [-0.1, -0.05) is 0 Å². The van der Waals surface area contributed by atoms with Gasteiger partial charge in [0.2, 0.25) is 0 Å². The lowest BCUT2D eigenvalue weighted by Crippen LogP contribution is -2.21. The molecule has 7 N–H and O–H groups in total. The topological polar surface area (TPSA) is 184 Å². The van der Waals surface area contributed by atoms with Crippen molar-refractivity contribution in [2.45, 2.75) is 26.2 Å². The van der Waals surface area contributed by atoms with Crippen molar-refractivity contribution in [1.29, 1.82) is 0 Å². The number of carbonyl (C=O) groups excluding carboxylic acids is 4. The number of hydrogen-bond donors (Lipinski definition) is 4. The smallest absolute Gasteiger partial charge is 0.399 e. The number of benzene rings is 2. The minimum atomic E-state index is -4.91. The van der Waals surface area contributed by atoms with Crippen LogP contribution in [0.5, 0.6) is 0 Å². The highest BCUT2D eigenvalue weighted by Gasteiger charge is 2.38. The molecule has 19 heteroatoms. The van der Waals surface area contributed by atoms with E-state index in [1.54, 1.807) is 6.07 Å². The molecule has 0 unspecified atom stereocenters. The standard InChI is InChI=1S/C15H11F4N3O2.C9H5ClF4O.C6H7N3O/c1-7-4-9(15(17,18)19)12(10(16)5-7)14(24)22-8-2-3-21-11(6-8)13(20)23;1-4-2-5(9(12,13)14)7(8(10)15)6(11)3-4;7-4-1-2-9-5(3-4)6(8)10/h2-6H,1H3,(H2,20,23)(H,21,22,24);2-3H,1H3;1-3H,(H2,7,9)(H2,8,10). The number of aromatic nitrogens is 2. The number of aryl methyl sites for hydroxylation is 2. The van der Waals surface area contributed by atoms with E-state index in [4.69, 9.17) is 28.8 Å². The summed E-state index contributed by atoms with van der Waals surface area (Å²) in [6.07, 6.45) is -7.13. The fourth-order valence-electron chi connectivity index (χ4n) is 3.78. The van der Waals surface area contributed by atoms with Crippen LogP contribution < -0.4 is 22.5 Å². The van der Waals surface area contributed by atoms with Crippen LogP contribution in [0.25, 0.3) is 0 Å². The van der Waals surface area contributed by atoms with Crippen LogP contribution in [-0.4, -0.2) is 32.9 Å². The normalized spacial score (nSPS) is 10.9. The van der Waals surface area contributed by atoms with Crippen molar-refractivity contribution in [2.75, 3.05) is 11.1 Å². The number of nitrogens with one attached hydrogen (secondary N) is 1. The summed E-state index contributed by atoms with van der Waals surface area (Å²) in [6.45, 7) is 2.57. The molecular formula is C30H23ClF8N6O4. The van der Waals surface area contributed by atoms with E-state index in [-0.39, 0.29) is 28.2 Å².